The van der Waals surface area contributed by atoms with Gasteiger partial charge in [0.25, 0.3) is 0 Å². The van der Waals surface area contributed by atoms with Gasteiger partial charge in [0.2, 0.25) is 5.91 Å². The number of primary amides is 1. The highest BCUT2D eigenvalue weighted by Crippen LogP contribution is 2.18. The average molecular weight is 215 g/mol. The molecule has 0 aliphatic carbocycles. The van der Waals surface area contributed by atoms with Crippen LogP contribution in [0.15, 0.2) is 12.1 Å². The Kier molecular flexibility index (Phi) is 3.14. The molecule has 14 heavy (non-hydrogen) atoms. The van der Waals surface area contributed by atoms with Gasteiger partial charge in [0.1, 0.15) is 11.0 Å². The number of rotatable bonds is 3. The molecule has 6 heteroatoms. The highest BCUT2D eigenvalue weighted by molar-refractivity contribution is 6.29. The van der Waals surface area contributed by atoms with E-state index in [1.165, 1.54) is 6.07 Å². The van der Waals surface area contributed by atoms with Crippen LogP contribution in [0.4, 0.5) is 11.5 Å². The third-order valence-electron chi connectivity index (χ3n) is 1.59. The van der Waals surface area contributed by atoms with Gasteiger partial charge in [-0.1, -0.05) is 11.6 Å². The van der Waals surface area contributed by atoms with E-state index in [9.17, 15) is 4.79 Å². The first-order valence-electron chi connectivity index (χ1n) is 3.91. The maximum Gasteiger partial charge on any atom is 0.236 e. The first-order chi connectivity index (χ1) is 6.49. The predicted octanol–water partition coefficient (Wildman–Crippen LogP) is 0.239. The van der Waals surface area contributed by atoms with Gasteiger partial charge in [-0.05, 0) is 6.07 Å². The molecule has 0 radical (unpaired) electrons. The highest BCUT2D eigenvalue weighted by Gasteiger charge is 2.06. The smallest absolute Gasteiger partial charge is 0.236 e. The van der Waals surface area contributed by atoms with E-state index in [4.69, 9.17) is 23.1 Å². The molecular weight excluding hydrogens is 204 g/mol. The van der Waals surface area contributed by atoms with Crippen molar-refractivity contribution in [2.24, 2.45) is 5.73 Å². The summed E-state index contributed by atoms with van der Waals surface area (Å²) in [5.41, 5.74) is 11.1. The SMILES string of the molecule is CN(CC(N)=O)c1cc(N)cc(Cl)n1. The fourth-order valence-corrected chi connectivity index (χ4v) is 1.23. The van der Waals surface area contributed by atoms with Gasteiger partial charge in [0.05, 0.1) is 6.54 Å². The van der Waals surface area contributed by atoms with Crippen molar-refractivity contribution in [3.05, 3.63) is 17.3 Å². The third-order valence-corrected chi connectivity index (χ3v) is 1.78. The number of carbonyl (C=O) groups excluding carboxylic acids is 1. The number of anilines is 2. The van der Waals surface area contributed by atoms with Crippen LogP contribution in [0, 0.1) is 0 Å². The minimum Gasteiger partial charge on any atom is -0.399 e. The van der Waals surface area contributed by atoms with Crippen molar-refractivity contribution in [2.75, 3.05) is 24.2 Å². The van der Waals surface area contributed by atoms with E-state index in [-0.39, 0.29) is 11.7 Å². The molecule has 1 aromatic heterocycles. The topological polar surface area (TPSA) is 85.2 Å². The zero-order chi connectivity index (χ0) is 10.7. The molecule has 0 spiro atoms. The molecule has 0 fully saturated rings. The summed E-state index contributed by atoms with van der Waals surface area (Å²) in [6.07, 6.45) is 0. The van der Waals surface area contributed by atoms with Crippen molar-refractivity contribution in [3.63, 3.8) is 0 Å². The number of likely N-dealkylation sites (N-methyl/N-ethyl adjacent to an activating group) is 1. The Morgan fingerprint density at radius 3 is 2.79 bits per heavy atom. The van der Waals surface area contributed by atoms with Gasteiger partial charge in [-0.2, -0.15) is 0 Å². The quantitative estimate of drug-likeness (QED) is 0.706. The second-order valence-corrected chi connectivity index (χ2v) is 3.29. The largest absolute Gasteiger partial charge is 0.399 e. The number of aromatic nitrogens is 1. The van der Waals surface area contributed by atoms with Gasteiger partial charge in [-0.25, -0.2) is 4.98 Å². The third kappa shape index (κ3) is 2.77. The summed E-state index contributed by atoms with van der Waals surface area (Å²) in [5, 5.41) is 0.288. The molecule has 1 aromatic rings. The molecule has 1 rings (SSSR count). The second kappa shape index (κ2) is 4.15. The van der Waals surface area contributed by atoms with Crippen LogP contribution in [0.2, 0.25) is 5.15 Å². The minimum absolute atomic E-state index is 0.0762. The molecule has 76 valence electrons. The molecule has 0 aliphatic heterocycles. The molecular formula is C8H11ClN4O. The van der Waals surface area contributed by atoms with Gasteiger partial charge in [0, 0.05) is 18.8 Å². The highest BCUT2D eigenvalue weighted by atomic mass is 35.5. The van der Waals surface area contributed by atoms with Gasteiger partial charge < -0.3 is 16.4 Å². The fraction of sp³-hybridized carbons (Fsp3) is 0.250. The van der Waals surface area contributed by atoms with Crippen LogP contribution < -0.4 is 16.4 Å². The number of pyridine rings is 1. The number of carbonyl (C=O) groups is 1. The zero-order valence-electron chi connectivity index (χ0n) is 7.70. The Balaban J connectivity index is 2.89. The maximum absolute atomic E-state index is 10.6. The van der Waals surface area contributed by atoms with Crippen LogP contribution in [0.1, 0.15) is 0 Å². The van der Waals surface area contributed by atoms with Crippen LogP contribution in [0.5, 0.6) is 0 Å². The van der Waals surface area contributed by atoms with Gasteiger partial charge >= 0.3 is 0 Å². The first kappa shape index (κ1) is 10.6. The van der Waals surface area contributed by atoms with Crippen molar-refractivity contribution >= 4 is 29.0 Å². The molecule has 1 heterocycles. The van der Waals surface area contributed by atoms with Crippen molar-refractivity contribution in [1.29, 1.82) is 0 Å². The minimum atomic E-state index is -0.437. The lowest BCUT2D eigenvalue weighted by atomic mass is 10.4. The molecule has 5 nitrogen and oxygen atoms in total. The lowest BCUT2D eigenvalue weighted by Gasteiger charge is -2.16. The monoisotopic (exact) mass is 214 g/mol. The van der Waals surface area contributed by atoms with E-state index >= 15 is 0 Å². The van der Waals surface area contributed by atoms with Crippen LogP contribution in [-0.4, -0.2) is 24.5 Å². The number of nitrogen functional groups attached to an aromatic ring is 1. The zero-order valence-corrected chi connectivity index (χ0v) is 8.45. The molecule has 4 N–H and O–H groups in total. The van der Waals surface area contributed by atoms with Crippen LogP contribution in [-0.2, 0) is 4.79 Å². The molecule has 0 atom stereocenters. The molecule has 0 aliphatic rings. The lowest BCUT2D eigenvalue weighted by Crippen LogP contribution is -2.31. The summed E-state index contributed by atoms with van der Waals surface area (Å²) in [6, 6.07) is 3.15. The van der Waals surface area contributed by atoms with E-state index in [2.05, 4.69) is 4.98 Å². The van der Waals surface area contributed by atoms with Crippen molar-refractivity contribution in [1.82, 2.24) is 4.98 Å². The van der Waals surface area contributed by atoms with Crippen LogP contribution in [0.3, 0.4) is 0 Å². The number of halogens is 1. The summed E-state index contributed by atoms with van der Waals surface area (Å²) >= 11 is 5.70. The van der Waals surface area contributed by atoms with E-state index in [1.807, 2.05) is 0 Å². The first-order valence-corrected chi connectivity index (χ1v) is 4.29. The fourth-order valence-electron chi connectivity index (χ4n) is 1.01. The predicted molar refractivity (Wildman–Crippen MR) is 56.1 cm³/mol. The normalized spacial score (nSPS) is 9.86. The second-order valence-electron chi connectivity index (χ2n) is 2.90. The van der Waals surface area contributed by atoms with E-state index in [0.717, 1.165) is 0 Å². The van der Waals surface area contributed by atoms with Gasteiger partial charge in [0.15, 0.2) is 0 Å². The van der Waals surface area contributed by atoms with Gasteiger partial charge in [-0.15, -0.1) is 0 Å². The molecule has 0 unspecified atom stereocenters. The number of hydrogen-bond donors (Lipinski definition) is 2. The molecule has 1 amide bonds. The molecule has 0 saturated heterocycles. The Hall–Kier alpha value is -1.49. The molecule has 0 saturated carbocycles. The Morgan fingerprint density at radius 1 is 1.64 bits per heavy atom. The van der Waals surface area contributed by atoms with Crippen molar-refractivity contribution in [3.8, 4) is 0 Å². The maximum atomic E-state index is 10.6. The summed E-state index contributed by atoms with van der Waals surface area (Å²) < 4.78 is 0. The van der Waals surface area contributed by atoms with Crippen molar-refractivity contribution in [2.45, 2.75) is 0 Å². The summed E-state index contributed by atoms with van der Waals surface area (Å²) in [6.45, 7) is 0.0762. The Morgan fingerprint density at radius 2 is 2.29 bits per heavy atom. The van der Waals surface area contributed by atoms with E-state index in [0.29, 0.717) is 11.5 Å². The van der Waals surface area contributed by atoms with Crippen LogP contribution in [0.25, 0.3) is 0 Å². The standard InChI is InChI=1S/C8H11ClN4O/c1-13(4-7(11)14)8-3-5(10)2-6(9)12-8/h2-3H,4H2,1H3,(H2,10,12)(H2,11,14). The lowest BCUT2D eigenvalue weighted by molar-refractivity contribution is -0.116. The molecule has 0 aromatic carbocycles. The van der Waals surface area contributed by atoms with Crippen LogP contribution >= 0.6 is 11.6 Å². The number of amides is 1. The van der Waals surface area contributed by atoms with Gasteiger partial charge in [-0.3, -0.25) is 4.79 Å². The van der Waals surface area contributed by atoms with E-state index in [1.54, 1.807) is 18.0 Å². The Bertz CT molecular complexity index is 335. The summed E-state index contributed by atoms with van der Waals surface area (Å²) in [4.78, 5) is 16.2. The number of hydrogen-bond acceptors (Lipinski definition) is 4. The Labute approximate surface area is 86.7 Å². The summed E-state index contributed by atoms with van der Waals surface area (Å²) in [7, 11) is 1.68. The van der Waals surface area contributed by atoms with E-state index < -0.39 is 5.91 Å². The average Bonchev–Trinajstić information content (AvgIpc) is 2.00. The number of nitrogens with two attached hydrogens (primary N) is 2. The molecule has 0 bridgehead atoms. The summed E-state index contributed by atoms with van der Waals surface area (Å²) in [5.74, 6) is 0.0849. The number of nitrogens with zero attached hydrogens (tertiary/aromatic N) is 2. The van der Waals surface area contributed by atoms with Crippen molar-refractivity contribution < 1.29 is 4.79 Å².